The summed E-state index contributed by atoms with van der Waals surface area (Å²) < 4.78 is 0. The van der Waals surface area contributed by atoms with Gasteiger partial charge in [-0.25, -0.2) is 0 Å². The molecule has 4 heteroatoms. The van der Waals surface area contributed by atoms with Gasteiger partial charge in [0.25, 0.3) is 5.91 Å². The van der Waals surface area contributed by atoms with Crippen LogP contribution in [0.3, 0.4) is 0 Å². The van der Waals surface area contributed by atoms with Crippen molar-refractivity contribution in [2.45, 2.75) is 45.8 Å². The fraction of sp³-hybridized carbons (Fsp3) is 0.588. The molecular formula is C17H26N2O2. The second-order valence-corrected chi connectivity index (χ2v) is 6.31. The van der Waals surface area contributed by atoms with E-state index in [2.05, 4.69) is 26.1 Å². The molecule has 1 aromatic carbocycles. The van der Waals surface area contributed by atoms with Crippen molar-refractivity contribution in [3.63, 3.8) is 0 Å². The van der Waals surface area contributed by atoms with Crippen molar-refractivity contribution >= 4 is 11.6 Å². The van der Waals surface area contributed by atoms with Crippen LogP contribution in [0.4, 0.5) is 5.69 Å². The smallest absolute Gasteiger partial charge is 0.254 e. The van der Waals surface area contributed by atoms with Crippen LogP contribution >= 0.6 is 0 Å². The maximum Gasteiger partial charge on any atom is 0.254 e. The quantitative estimate of drug-likeness (QED) is 0.896. The lowest BCUT2D eigenvalue weighted by molar-refractivity contribution is 0.0474. The standard InChI is InChI=1S/C17H26N2O2/c1-12(2)13(3)18-15-7-4-6-14(10-15)17(21)19-9-5-8-16(20)11-19/h4,6-7,10,12-13,16,18,20H,5,8-9,11H2,1-3H3. The van der Waals surface area contributed by atoms with Gasteiger partial charge in [0.15, 0.2) is 0 Å². The third-order valence-corrected chi connectivity index (χ3v) is 4.19. The zero-order valence-electron chi connectivity index (χ0n) is 13.2. The van der Waals surface area contributed by atoms with Crippen LogP contribution in [0.15, 0.2) is 24.3 Å². The number of benzene rings is 1. The summed E-state index contributed by atoms with van der Waals surface area (Å²) in [5.41, 5.74) is 1.66. The number of carbonyl (C=O) groups is 1. The third-order valence-electron chi connectivity index (χ3n) is 4.19. The monoisotopic (exact) mass is 290 g/mol. The van der Waals surface area contributed by atoms with Gasteiger partial charge in [-0.15, -0.1) is 0 Å². The Morgan fingerprint density at radius 2 is 2.14 bits per heavy atom. The van der Waals surface area contributed by atoms with Gasteiger partial charge in [-0.3, -0.25) is 4.79 Å². The number of aliphatic hydroxyl groups is 1. The molecule has 1 aromatic rings. The highest BCUT2D eigenvalue weighted by Crippen LogP contribution is 2.18. The summed E-state index contributed by atoms with van der Waals surface area (Å²) in [5, 5.41) is 13.1. The molecule has 1 fully saturated rings. The van der Waals surface area contributed by atoms with Crippen LogP contribution in [-0.2, 0) is 0 Å². The molecule has 1 aliphatic rings. The average molecular weight is 290 g/mol. The van der Waals surface area contributed by atoms with Gasteiger partial charge in [0, 0.05) is 30.4 Å². The molecule has 0 radical (unpaired) electrons. The van der Waals surface area contributed by atoms with Crippen molar-refractivity contribution in [3.8, 4) is 0 Å². The van der Waals surface area contributed by atoms with Crippen molar-refractivity contribution in [3.05, 3.63) is 29.8 Å². The molecule has 1 aliphatic heterocycles. The second kappa shape index (κ2) is 6.94. The van der Waals surface area contributed by atoms with Crippen molar-refractivity contribution < 1.29 is 9.90 Å². The molecule has 2 unspecified atom stereocenters. The van der Waals surface area contributed by atoms with E-state index >= 15 is 0 Å². The van der Waals surface area contributed by atoms with Crippen molar-refractivity contribution in [2.24, 2.45) is 5.92 Å². The van der Waals surface area contributed by atoms with E-state index in [1.807, 2.05) is 24.3 Å². The first kappa shape index (κ1) is 15.8. The van der Waals surface area contributed by atoms with Gasteiger partial charge in [-0.1, -0.05) is 19.9 Å². The molecule has 4 nitrogen and oxygen atoms in total. The Morgan fingerprint density at radius 1 is 1.38 bits per heavy atom. The van der Waals surface area contributed by atoms with Gasteiger partial charge < -0.3 is 15.3 Å². The van der Waals surface area contributed by atoms with E-state index in [0.29, 0.717) is 24.1 Å². The first-order chi connectivity index (χ1) is 9.97. The molecule has 0 bridgehead atoms. The lowest BCUT2D eigenvalue weighted by Crippen LogP contribution is -2.42. The van der Waals surface area contributed by atoms with Gasteiger partial charge in [0.05, 0.1) is 6.10 Å². The molecule has 1 amide bonds. The van der Waals surface area contributed by atoms with Crippen LogP contribution in [0.1, 0.15) is 44.0 Å². The fourth-order valence-corrected chi connectivity index (χ4v) is 2.49. The first-order valence-electron chi connectivity index (χ1n) is 7.81. The van der Waals surface area contributed by atoms with E-state index in [4.69, 9.17) is 0 Å². The highest BCUT2D eigenvalue weighted by Gasteiger charge is 2.23. The van der Waals surface area contributed by atoms with Crippen LogP contribution in [0.5, 0.6) is 0 Å². The molecule has 21 heavy (non-hydrogen) atoms. The van der Waals surface area contributed by atoms with Crippen LogP contribution < -0.4 is 5.32 Å². The summed E-state index contributed by atoms with van der Waals surface area (Å²) in [6.07, 6.45) is 1.27. The number of β-amino-alcohol motifs (C(OH)–C–C–N with tert-alkyl or cyclic N) is 1. The van der Waals surface area contributed by atoms with E-state index in [1.54, 1.807) is 4.90 Å². The minimum Gasteiger partial charge on any atom is -0.391 e. The SMILES string of the molecule is CC(C)C(C)Nc1cccc(C(=O)N2CCCC(O)C2)c1. The zero-order valence-corrected chi connectivity index (χ0v) is 13.2. The number of anilines is 1. The van der Waals surface area contributed by atoms with Crippen molar-refractivity contribution in [1.82, 2.24) is 4.90 Å². The molecule has 2 N–H and O–H groups in total. The summed E-state index contributed by atoms with van der Waals surface area (Å²) in [7, 11) is 0. The minimum absolute atomic E-state index is 0.00889. The Kier molecular flexibility index (Phi) is 5.23. The number of hydrogen-bond acceptors (Lipinski definition) is 3. The fourth-order valence-electron chi connectivity index (χ4n) is 2.49. The number of nitrogens with zero attached hydrogens (tertiary/aromatic N) is 1. The Labute approximate surface area is 127 Å². The zero-order chi connectivity index (χ0) is 15.4. The van der Waals surface area contributed by atoms with E-state index in [0.717, 1.165) is 25.1 Å². The van der Waals surface area contributed by atoms with E-state index in [1.165, 1.54) is 0 Å². The molecule has 0 aliphatic carbocycles. The summed E-state index contributed by atoms with van der Waals surface area (Å²) in [5.74, 6) is 0.538. The number of rotatable bonds is 4. The van der Waals surface area contributed by atoms with Crippen LogP contribution in [0, 0.1) is 5.92 Å². The number of amides is 1. The van der Waals surface area contributed by atoms with Gasteiger partial charge >= 0.3 is 0 Å². The molecule has 2 atom stereocenters. The largest absolute Gasteiger partial charge is 0.391 e. The maximum atomic E-state index is 12.5. The Bertz CT molecular complexity index is 487. The average Bonchev–Trinajstić information content (AvgIpc) is 2.46. The molecule has 0 aromatic heterocycles. The predicted molar refractivity (Wildman–Crippen MR) is 85.5 cm³/mol. The molecule has 1 heterocycles. The van der Waals surface area contributed by atoms with Crippen molar-refractivity contribution in [2.75, 3.05) is 18.4 Å². The number of hydrogen-bond donors (Lipinski definition) is 2. The van der Waals surface area contributed by atoms with E-state index in [-0.39, 0.29) is 12.0 Å². The number of piperidine rings is 1. The Hall–Kier alpha value is -1.55. The number of aliphatic hydroxyl groups excluding tert-OH is 1. The Balaban J connectivity index is 2.07. The molecule has 0 spiro atoms. The topological polar surface area (TPSA) is 52.6 Å². The first-order valence-corrected chi connectivity index (χ1v) is 7.81. The van der Waals surface area contributed by atoms with Gasteiger partial charge in [-0.05, 0) is 43.9 Å². The van der Waals surface area contributed by atoms with E-state index < -0.39 is 0 Å². The van der Waals surface area contributed by atoms with E-state index in [9.17, 15) is 9.90 Å². The summed E-state index contributed by atoms with van der Waals surface area (Å²) in [4.78, 5) is 14.3. The molecule has 1 saturated heterocycles. The predicted octanol–water partition coefficient (Wildman–Crippen LogP) is 2.74. The summed E-state index contributed by atoms with van der Waals surface area (Å²) in [6.45, 7) is 7.65. The highest BCUT2D eigenvalue weighted by molar-refractivity contribution is 5.95. The van der Waals surface area contributed by atoms with Crippen LogP contribution in [0.25, 0.3) is 0 Å². The van der Waals surface area contributed by atoms with Crippen LogP contribution in [0.2, 0.25) is 0 Å². The maximum absolute atomic E-state index is 12.5. The normalized spacial score (nSPS) is 20.4. The molecular weight excluding hydrogens is 264 g/mol. The lowest BCUT2D eigenvalue weighted by atomic mass is 10.0. The minimum atomic E-state index is -0.384. The van der Waals surface area contributed by atoms with Crippen molar-refractivity contribution in [1.29, 1.82) is 0 Å². The second-order valence-electron chi connectivity index (χ2n) is 6.31. The highest BCUT2D eigenvalue weighted by atomic mass is 16.3. The van der Waals surface area contributed by atoms with Gasteiger partial charge in [0.1, 0.15) is 0 Å². The third kappa shape index (κ3) is 4.21. The number of carbonyl (C=O) groups excluding carboxylic acids is 1. The molecule has 0 saturated carbocycles. The van der Waals surface area contributed by atoms with Crippen LogP contribution in [-0.4, -0.2) is 41.1 Å². The van der Waals surface area contributed by atoms with Gasteiger partial charge in [0.2, 0.25) is 0 Å². The summed E-state index contributed by atoms with van der Waals surface area (Å²) >= 11 is 0. The van der Waals surface area contributed by atoms with Gasteiger partial charge in [-0.2, -0.15) is 0 Å². The number of likely N-dealkylation sites (tertiary alicyclic amines) is 1. The Morgan fingerprint density at radius 3 is 2.81 bits per heavy atom. The number of nitrogens with one attached hydrogen (secondary N) is 1. The molecule has 116 valence electrons. The summed E-state index contributed by atoms with van der Waals surface area (Å²) in [6, 6.07) is 7.99. The molecule has 2 rings (SSSR count). The lowest BCUT2D eigenvalue weighted by Gasteiger charge is -2.30.